The van der Waals surface area contributed by atoms with Crippen molar-refractivity contribution in [3.05, 3.63) is 63.4 Å². The number of methoxy groups -OCH3 is 1. The topological polar surface area (TPSA) is 105 Å². The second-order valence-electron chi connectivity index (χ2n) is 5.62. The summed E-state index contributed by atoms with van der Waals surface area (Å²) in [4.78, 5) is 21.1. The maximum Gasteiger partial charge on any atom is 0.430 e. The fraction of sp³-hybridized carbons (Fsp3) is 0.235. The van der Waals surface area contributed by atoms with Crippen LogP contribution in [-0.4, -0.2) is 46.7 Å². The van der Waals surface area contributed by atoms with Crippen molar-refractivity contribution in [2.45, 2.75) is 6.54 Å². The average molecular weight is 389 g/mol. The van der Waals surface area contributed by atoms with Gasteiger partial charge in [0.1, 0.15) is 16.6 Å². The van der Waals surface area contributed by atoms with Crippen molar-refractivity contribution < 1.29 is 9.66 Å². The summed E-state index contributed by atoms with van der Waals surface area (Å²) in [7, 11) is 1.52. The van der Waals surface area contributed by atoms with Crippen molar-refractivity contribution in [2.24, 2.45) is 10.1 Å². The van der Waals surface area contributed by atoms with Crippen molar-refractivity contribution in [2.75, 3.05) is 25.6 Å². The minimum Gasteiger partial charge on any atom is -0.494 e. The van der Waals surface area contributed by atoms with Crippen LogP contribution in [0, 0.1) is 10.1 Å². The Kier molecular flexibility index (Phi) is 5.82. The molecule has 1 aromatic carbocycles. The summed E-state index contributed by atoms with van der Waals surface area (Å²) in [5.74, 6) is 0.388. The molecular weight excluding hydrogens is 372 g/mol. The van der Waals surface area contributed by atoms with Gasteiger partial charge in [-0.2, -0.15) is 5.43 Å². The van der Waals surface area contributed by atoms with Gasteiger partial charge in [-0.25, -0.2) is 4.98 Å². The Bertz CT molecular complexity index is 884. The number of halogens is 1. The summed E-state index contributed by atoms with van der Waals surface area (Å²) in [6.07, 6.45) is 1.63. The molecule has 2 aromatic rings. The number of amidine groups is 2. The Balaban J connectivity index is 1.80. The Labute approximate surface area is 160 Å². The maximum absolute atomic E-state index is 11.6. The lowest BCUT2D eigenvalue weighted by molar-refractivity contribution is -0.346. The quantitative estimate of drug-likeness (QED) is 0.268. The highest BCUT2D eigenvalue weighted by Gasteiger charge is 2.31. The van der Waals surface area contributed by atoms with Crippen LogP contribution in [0.1, 0.15) is 5.56 Å². The van der Waals surface area contributed by atoms with Gasteiger partial charge in [0.05, 0.1) is 18.8 Å². The second-order valence-corrected chi connectivity index (χ2v) is 6.01. The molecule has 0 unspecified atom stereocenters. The molecule has 1 N–H and O–H groups in total. The van der Waals surface area contributed by atoms with Crippen LogP contribution in [0.25, 0.3) is 0 Å². The predicted molar refractivity (Wildman–Crippen MR) is 103 cm³/mol. The summed E-state index contributed by atoms with van der Waals surface area (Å²) in [6.45, 7) is 1.43. The number of pyridine rings is 1. The summed E-state index contributed by atoms with van der Waals surface area (Å²) < 4.78 is 5.21. The Hall–Kier alpha value is -3.20. The lowest BCUT2D eigenvalue weighted by atomic mass is 10.2. The van der Waals surface area contributed by atoms with Crippen LogP contribution in [0.5, 0.6) is 5.75 Å². The van der Waals surface area contributed by atoms with Crippen molar-refractivity contribution in [3.8, 4) is 5.75 Å². The number of hydrogen-bond acceptors (Lipinski definition) is 8. The van der Waals surface area contributed by atoms with Crippen molar-refractivity contribution in [3.63, 3.8) is 0 Å². The highest BCUT2D eigenvalue weighted by Crippen LogP contribution is 2.23. The van der Waals surface area contributed by atoms with Gasteiger partial charge in [-0.05, 0) is 28.7 Å². The molecule has 0 bridgehead atoms. The molecule has 27 heavy (non-hydrogen) atoms. The normalized spacial score (nSPS) is 14.1. The zero-order chi connectivity index (χ0) is 19.2. The van der Waals surface area contributed by atoms with E-state index in [0.29, 0.717) is 36.2 Å². The molecule has 0 fully saturated rings. The molecule has 2 heterocycles. The Morgan fingerprint density at radius 3 is 2.93 bits per heavy atom. The van der Waals surface area contributed by atoms with E-state index in [4.69, 9.17) is 16.3 Å². The van der Waals surface area contributed by atoms with Gasteiger partial charge in [0.2, 0.25) is 5.84 Å². The number of nitro groups is 1. The van der Waals surface area contributed by atoms with Gasteiger partial charge in [-0.3, -0.25) is 4.99 Å². The zero-order valence-corrected chi connectivity index (χ0v) is 15.3. The van der Waals surface area contributed by atoms with Crippen LogP contribution in [-0.2, 0) is 6.54 Å². The van der Waals surface area contributed by atoms with Crippen molar-refractivity contribution in [1.82, 2.24) is 9.88 Å². The summed E-state index contributed by atoms with van der Waals surface area (Å²) in [5, 5.41) is 15.9. The minimum absolute atomic E-state index is 0.220. The Morgan fingerprint density at radius 1 is 1.41 bits per heavy atom. The molecule has 0 aliphatic carbocycles. The number of hydrazone groups is 1. The van der Waals surface area contributed by atoms with Gasteiger partial charge in [-0.1, -0.05) is 29.8 Å². The third-order valence-corrected chi connectivity index (χ3v) is 4.08. The van der Waals surface area contributed by atoms with Crippen LogP contribution in [0.4, 0.5) is 5.69 Å². The number of ether oxygens (including phenoxy) is 1. The fourth-order valence-corrected chi connectivity index (χ4v) is 2.70. The average Bonchev–Trinajstić information content (AvgIpc) is 3.11. The largest absolute Gasteiger partial charge is 0.494 e. The lowest BCUT2D eigenvalue weighted by Crippen LogP contribution is -2.37. The molecule has 0 saturated carbocycles. The van der Waals surface area contributed by atoms with E-state index in [9.17, 15) is 10.1 Å². The number of anilines is 1. The molecule has 1 aliphatic heterocycles. The fourth-order valence-electron chi connectivity index (χ4n) is 2.59. The van der Waals surface area contributed by atoms with E-state index >= 15 is 0 Å². The number of nitrogens with zero attached hydrogens (tertiary/aromatic N) is 5. The van der Waals surface area contributed by atoms with Crippen LogP contribution >= 0.6 is 11.6 Å². The number of nitrogens with one attached hydrogen (secondary N) is 1. The summed E-state index contributed by atoms with van der Waals surface area (Å²) >= 11 is 5.80. The van der Waals surface area contributed by atoms with E-state index in [1.165, 1.54) is 7.11 Å². The number of aliphatic imine (C=N–C) groups is 1. The van der Waals surface area contributed by atoms with Crippen LogP contribution < -0.4 is 10.2 Å². The first-order chi connectivity index (χ1) is 13.1. The molecular formula is C17H17ClN6O3. The molecule has 0 amide bonds. The number of benzene rings is 1. The van der Waals surface area contributed by atoms with Crippen LogP contribution in [0.2, 0.25) is 5.15 Å². The molecule has 1 aliphatic rings. The van der Waals surface area contributed by atoms with E-state index in [1.54, 1.807) is 41.4 Å². The highest BCUT2D eigenvalue weighted by molar-refractivity contribution is 6.37. The third-order valence-electron chi connectivity index (χ3n) is 3.86. The van der Waals surface area contributed by atoms with Crippen LogP contribution in [0.3, 0.4) is 0 Å². The molecule has 140 valence electrons. The standard InChI is InChI=1S/C17H17ClN6O3/c1-27-14-5-3-2-4-13(14)21-22-17(24(25)26)16-19-8-9-23(16)11-12-6-7-15(18)20-10-12/h2-7,10,21H,8-9,11H2,1H3/b22-17-. The number of para-hydroxylation sites is 2. The lowest BCUT2D eigenvalue weighted by Gasteiger charge is -2.18. The van der Waals surface area contributed by atoms with Gasteiger partial charge < -0.3 is 19.8 Å². The molecule has 9 nitrogen and oxygen atoms in total. The monoisotopic (exact) mass is 388 g/mol. The summed E-state index contributed by atoms with van der Waals surface area (Å²) in [6, 6.07) is 10.5. The van der Waals surface area contributed by atoms with Gasteiger partial charge in [0.25, 0.3) is 0 Å². The van der Waals surface area contributed by atoms with E-state index < -0.39 is 4.92 Å². The van der Waals surface area contributed by atoms with E-state index in [-0.39, 0.29) is 11.7 Å². The van der Waals surface area contributed by atoms with Gasteiger partial charge in [-0.15, -0.1) is 0 Å². The van der Waals surface area contributed by atoms with E-state index in [1.807, 2.05) is 6.07 Å². The van der Waals surface area contributed by atoms with Gasteiger partial charge in [0.15, 0.2) is 0 Å². The molecule has 0 spiro atoms. The molecule has 0 radical (unpaired) electrons. The van der Waals surface area contributed by atoms with Crippen molar-refractivity contribution >= 4 is 29.0 Å². The number of rotatable bonds is 6. The van der Waals surface area contributed by atoms with Crippen molar-refractivity contribution in [1.29, 1.82) is 0 Å². The first-order valence-electron chi connectivity index (χ1n) is 8.10. The van der Waals surface area contributed by atoms with Crippen LogP contribution in [0.15, 0.2) is 52.7 Å². The predicted octanol–water partition coefficient (Wildman–Crippen LogP) is 2.66. The smallest absolute Gasteiger partial charge is 0.430 e. The third kappa shape index (κ3) is 4.50. The number of hydrogen-bond donors (Lipinski definition) is 1. The number of aromatic nitrogens is 1. The first-order valence-corrected chi connectivity index (χ1v) is 8.47. The van der Waals surface area contributed by atoms with Gasteiger partial charge >= 0.3 is 5.84 Å². The van der Waals surface area contributed by atoms with E-state index in [0.717, 1.165) is 5.56 Å². The van der Waals surface area contributed by atoms with Gasteiger partial charge in [0, 0.05) is 19.3 Å². The molecule has 3 rings (SSSR count). The molecule has 0 atom stereocenters. The molecule has 0 saturated heterocycles. The second kappa shape index (κ2) is 8.45. The minimum atomic E-state index is -0.556. The SMILES string of the molecule is COc1ccccc1N/N=C(/C1=NCCN1Cc1ccc(Cl)nc1)[N+](=O)[O-]. The molecule has 10 heteroatoms. The maximum atomic E-state index is 11.6. The Morgan fingerprint density at radius 2 is 2.22 bits per heavy atom. The van der Waals surface area contributed by atoms with E-state index in [2.05, 4.69) is 20.5 Å². The molecule has 1 aromatic heterocycles. The summed E-state index contributed by atoms with van der Waals surface area (Å²) in [5.41, 5.74) is 4.09. The zero-order valence-electron chi connectivity index (χ0n) is 14.5. The first kappa shape index (κ1) is 18.6. The highest BCUT2D eigenvalue weighted by atomic mass is 35.5.